The van der Waals surface area contributed by atoms with E-state index in [2.05, 4.69) is 0 Å². The number of hydrogen-bond donors (Lipinski definition) is 1. The van der Waals surface area contributed by atoms with Gasteiger partial charge in [-0.25, -0.2) is 0 Å². The Labute approximate surface area is 107 Å². The second kappa shape index (κ2) is 5.00. The normalized spacial score (nSPS) is 12.1. The van der Waals surface area contributed by atoms with Gasteiger partial charge in [0.15, 0.2) is 12.4 Å². The number of carbonyl (C=O) groups excluding carboxylic acids is 1. The van der Waals surface area contributed by atoms with Crippen molar-refractivity contribution >= 4 is 5.91 Å². The van der Waals surface area contributed by atoms with E-state index in [1.165, 1.54) is 0 Å². The highest BCUT2D eigenvalue weighted by Gasteiger charge is 2.27. The summed E-state index contributed by atoms with van der Waals surface area (Å²) in [6, 6.07) is 11.3. The molecule has 0 saturated heterocycles. The highest BCUT2D eigenvalue weighted by molar-refractivity contribution is 5.80. The first-order valence-electron chi connectivity index (χ1n) is 5.91. The van der Waals surface area contributed by atoms with Gasteiger partial charge in [-0.2, -0.15) is 4.57 Å². The monoisotopic (exact) mass is 241 g/mol. The van der Waals surface area contributed by atoms with Gasteiger partial charge in [-0.1, -0.05) is 23.8 Å². The molecule has 92 valence electrons. The van der Waals surface area contributed by atoms with Crippen molar-refractivity contribution in [2.24, 2.45) is 5.73 Å². The van der Waals surface area contributed by atoms with Crippen LogP contribution in [0.15, 0.2) is 48.8 Å². The van der Waals surface area contributed by atoms with Crippen molar-refractivity contribution in [2.75, 3.05) is 0 Å². The molecule has 2 N–H and O–H groups in total. The Bertz CT molecular complexity index is 533. The maximum Gasteiger partial charge on any atom is 0.291 e. The topological polar surface area (TPSA) is 47.0 Å². The van der Waals surface area contributed by atoms with Gasteiger partial charge in [-0.05, 0) is 26.0 Å². The largest absolute Gasteiger partial charge is 0.364 e. The summed E-state index contributed by atoms with van der Waals surface area (Å²) in [7, 11) is 0. The molecule has 3 nitrogen and oxygen atoms in total. The Morgan fingerprint density at radius 3 is 2.50 bits per heavy atom. The average molecular weight is 241 g/mol. The van der Waals surface area contributed by atoms with Gasteiger partial charge in [-0.15, -0.1) is 0 Å². The minimum absolute atomic E-state index is 0.351. The predicted molar refractivity (Wildman–Crippen MR) is 69.9 cm³/mol. The third-order valence-corrected chi connectivity index (χ3v) is 2.90. The summed E-state index contributed by atoms with van der Waals surface area (Å²) in [6.07, 6.45) is 3.79. The molecule has 0 bridgehead atoms. The van der Waals surface area contributed by atoms with Crippen molar-refractivity contribution < 1.29 is 9.36 Å². The first kappa shape index (κ1) is 12.3. The molecule has 2 rings (SSSR count). The van der Waals surface area contributed by atoms with E-state index in [1.807, 2.05) is 67.2 Å². The summed E-state index contributed by atoms with van der Waals surface area (Å²) < 4.78 is 1.85. The first-order chi connectivity index (χ1) is 8.58. The Morgan fingerprint density at radius 1 is 1.17 bits per heavy atom. The number of rotatable bonds is 3. The van der Waals surface area contributed by atoms with E-state index in [0.717, 1.165) is 16.7 Å². The van der Waals surface area contributed by atoms with Gasteiger partial charge < -0.3 is 5.73 Å². The van der Waals surface area contributed by atoms with Crippen LogP contribution in [0.4, 0.5) is 0 Å². The number of amides is 1. The van der Waals surface area contributed by atoms with Gasteiger partial charge in [0.1, 0.15) is 0 Å². The van der Waals surface area contributed by atoms with Gasteiger partial charge in [0.2, 0.25) is 0 Å². The van der Waals surface area contributed by atoms with Gasteiger partial charge in [0.25, 0.3) is 11.9 Å². The number of benzene rings is 1. The lowest BCUT2D eigenvalue weighted by molar-refractivity contribution is -0.700. The quantitative estimate of drug-likeness (QED) is 0.816. The molecule has 1 amide bonds. The van der Waals surface area contributed by atoms with Gasteiger partial charge in [0.05, 0.1) is 0 Å². The molecule has 0 fully saturated rings. The molecule has 1 aromatic heterocycles. The number of carbonyl (C=O) groups is 1. The Hall–Kier alpha value is -2.16. The maximum atomic E-state index is 11.7. The fourth-order valence-corrected chi connectivity index (χ4v) is 2.10. The molecule has 0 aliphatic rings. The third-order valence-electron chi connectivity index (χ3n) is 2.90. The second-order valence-electron chi connectivity index (χ2n) is 4.55. The lowest BCUT2D eigenvalue weighted by atomic mass is 10.0. The minimum atomic E-state index is -0.454. The summed E-state index contributed by atoms with van der Waals surface area (Å²) in [5.41, 5.74) is 8.67. The first-order valence-corrected chi connectivity index (χ1v) is 5.91. The molecule has 0 aliphatic heterocycles. The number of hydrogen-bond acceptors (Lipinski definition) is 1. The smallest absolute Gasteiger partial charge is 0.291 e. The fraction of sp³-hybridized carbons (Fsp3) is 0.200. The van der Waals surface area contributed by atoms with Crippen LogP contribution in [0, 0.1) is 13.8 Å². The highest BCUT2D eigenvalue weighted by atomic mass is 16.1. The SMILES string of the molecule is Cc1cccc(C(C(N)=O)[n+]2cccc(C)c2)c1. The minimum Gasteiger partial charge on any atom is -0.364 e. The van der Waals surface area contributed by atoms with E-state index in [1.54, 1.807) is 0 Å². The van der Waals surface area contributed by atoms with Crippen LogP contribution in [0.3, 0.4) is 0 Å². The zero-order valence-corrected chi connectivity index (χ0v) is 10.6. The molecule has 0 radical (unpaired) electrons. The van der Waals surface area contributed by atoms with Crippen molar-refractivity contribution in [3.63, 3.8) is 0 Å². The van der Waals surface area contributed by atoms with Crippen LogP contribution in [0.5, 0.6) is 0 Å². The summed E-state index contributed by atoms with van der Waals surface area (Å²) in [5.74, 6) is -0.351. The molecule has 2 aromatic rings. The van der Waals surface area contributed by atoms with Crippen molar-refractivity contribution in [1.82, 2.24) is 0 Å². The van der Waals surface area contributed by atoms with Crippen LogP contribution < -0.4 is 10.3 Å². The second-order valence-corrected chi connectivity index (χ2v) is 4.55. The van der Waals surface area contributed by atoms with E-state index in [9.17, 15) is 4.79 Å². The van der Waals surface area contributed by atoms with Crippen LogP contribution in [0.1, 0.15) is 22.7 Å². The number of aryl methyl sites for hydroxylation is 2. The molecule has 3 heteroatoms. The van der Waals surface area contributed by atoms with Gasteiger partial charge >= 0.3 is 0 Å². The Kier molecular flexibility index (Phi) is 3.42. The molecule has 0 saturated carbocycles. The van der Waals surface area contributed by atoms with E-state index in [4.69, 9.17) is 5.73 Å². The molecule has 0 spiro atoms. The average Bonchev–Trinajstić information content (AvgIpc) is 2.28. The summed E-state index contributed by atoms with van der Waals surface area (Å²) in [6.45, 7) is 3.99. The number of primary amides is 1. The highest BCUT2D eigenvalue weighted by Crippen LogP contribution is 2.14. The molecular formula is C15H17N2O+. The van der Waals surface area contributed by atoms with Crippen LogP contribution in [-0.4, -0.2) is 5.91 Å². The standard InChI is InChI=1S/C15H16N2O/c1-11-5-3-7-13(9-11)14(15(16)18)17-8-4-6-12(2)10-17/h3-10,14H,1-2H3,(H-,16,18)/p+1. The lowest BCUT2D eigenvalue weighted by Crippen LogP contribution is -2.47. The van der Waals surface area contributed by atoms with Crippen molar-refractivity contribution in [1.29, 1.82) is 0 Å². The molecule has 1 unspecified atom stereocenters. The van der Waals surface area contributed by atoms with Gasteiger partial charge in [0, 0.05) is 17.2 Å². The molecule has 0 aliphatic carbocycles. The molecule has 18 heavy (non-hydrogen) atoms. The van der Waals surface area contributed by atoms with Crippen LogP contribution in [-0.2, 0) is 4.79 Å². The number of pyridine rings is 1. The summed E-state index contributed by atoms with van der Waals surface area (Å²) in [4.78, 5) is 11.7. The van der Waals surface area contributed by atoms with E-state index < -0.39 is 6.04 Å². The molecule has 1 heterocycles. The zero-order chi connectivity index (χ0) is 13.1. The Morgan fingerprint density at radius 2 is 1.89 bits per heavy atom. The molecular weight excluding hydrogens is 224 g/mol. The van der Waals surface area contributed by atoms with Crippen LogP contribution in [0.2, 0.25) is 0 Å². The Balaban J connectivity index is 2.50. The van der Waals surface area contributed by atoms with E-state index in [0.29, 0.717) is 0 Å². The number of aromatic nitrogens is 1. The molecule has 1 atom stereocenters. The zero-order valence-electron chi connectivity index (χ0n) is 10.6. The molecule has 1 aromatic carbocycles. The van der Waals surface area contributed by atoms with Crippen molar-refractivity contribution in [3.05, 3.63) is 65.5 Å². The van der Waals surface area contributed by atoms with Crippen LogP contribution >= 0.6 is 0 Å². The fourth-order valence-electron chi connectivity index (χ4n) is 2.10. The lowest BCUT2D eigenvalue weighted by Gasteiger charge is -2.10. The van der Waals surface area contributed by atoms with Crippen molar-refractivity contribution in [3.8, 4) is 0 Å². The van der Waals surface area contributed by atoms with Crippen LogP contribution in [0.25, 0.3) is 0 Å². The summed E-state index contributed by atoms with van der Waals surface area (Å²) in [5, 5.41) is 0. The number of nitrogens with two attached hydrogens (primary N) is 1. The third kappa shape index (κ3) is 2.56. The predicted octanol–water partition coefficient (Wildman–Crippen LogP) is 1.67. The maximum absolute atomic E-state index is 11.7. The van der Waals surface area contributed by atoms with Gasteiger partial charge in [-0.3, -0.25) is 4.79 Å². The van der Waals surface area contributed by atoms with E-state index >= 15 is 0 Å². The number of nitrogens with zero attached hydrogens (tertiary/aromatic N) is 1. The summed E-state index contributed by atoms with van der Waals surface area (Å²) >= 11 is 0. The van der Waals surface area contributed by atoms with E-state index in [-0.39, 0.29) is 5.91 Å². The van der Waals surface area contributed by atoms with Crippen molar-refractivity contribution in [2.45, 2.75) is 19.9 Å².